The molecule has 106 valence electrons. The van der Waals surface area contributed by atoms with Crippen molar-refractivity contribution in [1.29, 1.82) is 0 Å². The Morgan fingerprint density at radius 2 is 2.15 bits per heavy atom. The fourth-order valence-electron chi connectivity index (χ4n) is 2.85. The standard InChI is InChI=1S/C15H21N5/c1-12-6-7-13-4-2-3-5-15(13)20(12)9-8-19-11-14(10-16)17-18-19/h2-5,11-12H,6-10,16H2,1H3. The Balaban J connectivity index is 1.73. The Morgan fingerprint density at radius 1 is 1.30 bits per heavy atom. The third kappa shape index (κ3) is 2.54. The van der Waals surface area contributed by atoms with Gasteiger partial charge in [0.25, 0.3) is 0 Å². The number of fused-ring (bicyclic) bond motifs is 1. The van der Waals surface area contributed by atoms with E-state index in [0.29, 0.717) is 12.6 Å². The number of nitrogens with two attached hydrogens (primary N) is 1. The maximum absolute atomic E-state index is 5.56. The van der Waals surface area contributed by atoms with E-state index in [2.05, 4.69) is 46.4 Å². The van der Waals surface area contributed by atoms with Crippen LogP contribution in [0.1, 0.15) is 24.6 Å². The third-order valence-corrected chi connectivity index (χ3v) is 4.03. The Kier molecular flexibility index (Phi) is 3.69. The van der Waals surface area contributed by atoms with Crippen LogP contribution in [0.15, 0.2) is 30.5 Å². The summed E-state index contributed by atoms with van der Waals surface area (Å²) >= 11 is 0. The lowest BCUT2D eigenvalue weighted by Gasteiger charge is -2.37. The van der Waals surface area contributed by atoms with Gasteiger partial charge in [0.15, 0.2) is 0 Å². The second-order valence-corrected chi connectivity index (χ2v) is 5.39. The van der Waals surface area contributed by atoms with Crippen LogP contribution in [-0.4, -0.2) is 27.6 Å². The Labute approximate surface area is 119 Å². The summed E-state index contributed by atoms with van der Waals surface area (Å²) in [5, 5.41) is 8.14. The predicted octanol–water partition coefficient (Wildman–Crippen LogP) is 1.58. The lowest BCUT2D eigenvalue weighted by molar-refractivity contribution is 0.510. The van der Waals surface area contributed by atoms with Gasteiger partial charge in [-0.2, -0.15) is 0 Å². The van der Waals surface area contributed by atoms with Crippen molar-refractivity contribution >= 4 is 5.69 Å². The van der Waals surface area contributed by atoms with E-state index in [1.54, 1.807) is 0 Å². The molecule has 0 bridgehead atoms. The monoisotopic (exact) mass is 271 g/mol. The fraction of sp³-hybridized carbons (Fsp3) is 0.467. The average molecular weight is 271 g/mol. The summed E-state index contributed by atoms with van der Waals surface area (Å²) in [5.74, 6) is 0. The molecular formula is C15H21N5. The number of para-hydroxylation sites is 1. The molecule has 0 saturated heterocycles. The minimum atomic E-state index is 0.447. The molecule has 3 rings (SSSR count). The molecule has 1 atom stereocenters. The van der Waals surface area contributed by atoms with Crippen LogP contribution in [0.4, 0.5) is 5.69 Å². The van der Waals surface area contributed by atoms with Gasteiger partial charge in [-0.1, -0.05) is 23.4 Å². The van der Waals surface area contributed by atoms with Crippen molar-refractivity contribution < 1.29 is 0 Å². The number of hydrogen-bond acceptors (Lipinski definition) is 4. The number of benzene rings is 1. The second kappa shape index (κ2) is 5.63. The van der Waals surface area contributed by atoms with E-state index in [0.717, 1.165) is 18.8 Å². The molecule has 1 aliphatic rings. The van der Waals surface area contributed by atoms with E-state index in [-0.39, 0.29) is 0 Å². The van der Waals surface area contributed by atoms with Crippen molar-refractivity contribution in [1.82, 2.24) is 15.0 Å². The first kappa shape index (κ1) is 13.1. The van der Waals surface area contributed by atoms with Gasteiger partial charge in [0.2, 0.25) is 0 Å². The molecular weight excluding hydrogens is 250 g/mol. The van der Waals surface area contributed by atoms with E-state index >= 15 is 0 Å². The number of rotatable bonds is 4. The first-order valence-electron chi connectivity index (χ1n) is 7.21. The molecule has 5 heteroatoms. The molecule has 0 radical (unpaired) electrons. The molecule has 1 aromatic carbocycles. The summed E-state index contributed by atoms with van der Waals surface area (Å²) in [6, 6.07) is 9.26. The summed E-state index contributed by atoms with van der Waals surface area (Å²) in [7, 11) is 0. The van der Waals surface area contributed by atoms with Gasteiger partial charge in [0.1, 0.15) is 0 Å². The Hall–Kier alpha value is -1.88. The number of anilines is 1. The second-order valence-electron chi connectivity index (χ2n) is 5.39. The lowest BCUT2D eigenvalue weighted by atomic mass is 9.97. The van der Waals surface area contributed by atoms with E-state index in [4.69, 9.17) is 5.73 Å². The van der Waals surface area contributed by atoms with Crippen molar-refractivity contribution in [3.8, 4) is 0 Å². The first-order valence-corrected chi connectivity index (χ1v) is 7.21. The van der Waals surface area contributed by atoms with Gasteiger partial charge in [-0.25, -0.2) is 0 Å². The van der Waals surface area contributed by atoms with Crippen LogP contribution >= 0.6 is 0 Å². The number of aryl methyl sites for hydroxylation is 1. The molecule has 0 amide bonds. The smallest absolute Gasteiger partial charge is 0.0962 e. The molecule has 2 N–H and O–H groups in total. The van der Waals surface area contributed by atoms with Crippen molar-refractivity contribution in [3.63, 3.8) is 0 Å². The summed E-state index contributed by atoms with van der Waals surface area (Å²) in [6.07, 6.45) is 4.32. The van der Waals surface area contributed by atoms with Crippen molar-refractivity contribution in [3.05, 3.63) is 41.7 Å². The van der Waals surface area contributed by atoms with Crippen LogP contribution < -0.4 is 10.6 Å². The quantitative estimate of drug-likeness (QED) is 0.917. The molecule has 1 unspecified atom stereocenters. The largest absolute Gasteiger partial charge is 0.367 e. The maximum Gasteiger partial charge on any atom is 0.0962 e. The molecule has 0 saturated carbocycles. The fourth-order valence-corrected chi connectivity index (χ4v) is 2.85. The predicted molar refractivity (Wildman–Crippen MR) is 79.5 cm³/mol. The molecule has 20 heavy (non-hydrogen) atoms. The van der Waals surface area contributed by atoms with Gasteiger partial charge >= 0.3 is 0 Å². The summed E-state index contributed by atoms with van der Waals surface area (Å²) in [5.41, 5.74) is 9.22. The van der Waals surface area contributed by atoms with Gasteiger partial charge in [0.05, 0.1) is 12.2 Å². The molecule has 0 aliphatic carbocycles. The van der Waals surface area contributed by atoms with Gasteiger partial charge in [0, 0.05) is 31.0 Å². The highest BCUT2D eigenvalue weighted by molar-refractivity contribution is 5.56. The van der Waals surface area contributed by atoms with Crippen LogP contribution in [0.5, 0.6) is 0 Å². The normalized spacial score (nSPS) is 18.1. The van der Waals surface area contributed by atoms with Crippen molar-refractivity contribution in [2.45, 2.75) is 38.9 Å². The zero-order chi connectivity index (χ0) is 13.9. The zero-order valence-corrected chi connectivity index (χ0v) is 11.9. The average Bonchev–Trinajstić information content (AvgIpc) is 2.94. The van der Waals surface area contributed by atoms with Gasteiger partial charge in [-0.15, -0.1) is 5.10 Å². The SMILES string of the molecule is CC1CCc2ccccc2N1CCn1cc(CN)nn1. The van der Waals surface area contributed by atoms with Crippen molar-refractivity contribution in [2.24, 2.45) is 5.73 Å². The number of aromatic nitrogens is 3. The highest BCUT2D eigenvalue weighted by Crippen LogP contribution is 2.30. The molecule has 2 aromatic rings. The molecule has 2 heterocycles. The van der Waals surface area contributed by atoms with Crippen LogP contribution in [0.25, 0.3) is 0 Å². The maximum atomic E-state index is 5.56. The minimum Gasteiger partial charge on any atom is -0.367 e. The van der Waals surface area contributed by atoms with E-state index in [1.165, 1.54) is 24.1 Å². The molecule has 0 spiro atoms. The van der Waals surface area contributed by atoms with Gasteiger partial charge < -0.3 is 10.6 Å². The topological polar surface area (TPSA) is 60.0 Å². The first-order chi connectivity index (χ1) is 9.78. The number of nitrogens with zero attached hydrogens (tertiary/aromatic N) is 4. The van der Waals surface area contributed by atoms with Crippen LogP contribution in [0, 0.1) is 0 Å². The lowest BCUT2D eigenvalue weighted by Crippen LogP contribution is -2.39. The number of hydrogen-bond donors (Lipinski definition) is 1. The highest BCUT2D eigenvalue weighted by Gasteiger charge is 2.22. The zero-order valence-electron chi connectivity index (χ0n) is 11.9. The van der Waals surface area contributed by atoms with Crippen LogP contribution in [-0.2, 0) is 19.5 Å². The molecule has 0 fully saturated rings. The molecule has 5 nitrogen and oxygen atoms in total. The van der Waals surface area contributed by atoms with Crippen LogP contribution in [0.3, 0.4) is 0 Å². The van der Waals surface area contributed by atoms with Crippen LogP contribution in [0.2, 0.25) is 0 Å². The highest BCUT2D eigenvalue weighted by atomic mass is 15.4. The van der Waals surface area contributed by atoms with E-state index in [9.17, 15) is 0 Å². The minimum absolute atomic E-state index is 0.447. The summed E-state index contributed by atoms with van der Waals surface area (Å²) in [6.45, 7) is 4.53. The Morgan fingerprint density at radius 3 is 2.95 bits per heavy atom. The summed E-state index contributed by atoms with van der Waals surface area (Å²) in [4.78, 5) is 2.47. The van der Waals surface area contributed by atoms with Gasteiger partial charge in [-0.3, -0.25) is 4.68 Å². The third-order valence-electron chi connectivity index (χ3n) is 4.03. The van der Waals surface area contributed by atoms with Gasteiger partial charge in [-0.05, 0) is 31.4 Å². The molecule has 1 aromatic heterocycles. The van der Waals surface area contributed by atoms with E-state index < -0.39 is 0 Å². The summed E-state index contributed by atoms with van der Waals surface area (Å²) < 4.78 is 1.88. The molecule has 1 aliphatic heterocycles. The van der Waals surface area contributed by atoms with E-state index in [1.807, 2.05) is 10.9 Å². The Bertz CT molecular complexity index is 577. The van der Waals surface area contributed by atoms with Crippen molar-refractivity contribution in [2.75, 3.05) is 11.4 Å².